The summed E-state index contributed by atoms with van der Waals surface area (Å²) in [4.78, 5) is 33.9. The maximum atomic E-state index is 12.7. The van der Waals surface area contributed by atoms with Crippen LogP contribution in [0, 0.1) is 10.1 Å². The van der Waals surface area contributed by atoms with Crippen molar-refractivity contribution in [3.8, 4) is 5.75 Å². The van der Waals surface area contributed by atoms with Crippen molar-refractivity contribution in [2.45, 2.75) is 26.1 Å². The fraction of sp³-hybridized carbons (Fsp3) is 0.263. The average molecular weight is 426 g/mol. The largest absolute Gasteiger partial charge is 0.491 e. The molecular formula is C19H17F3N2O6. The lowest BCUT2D eigenvalue weighted by atomic mass is 10.1. The Labute approximate surface area is 168 Å². The number of amides is 1. The van der Waals surface area contributed by atoms with Gasteiger partial charge in [-0.2, -0.15) is 13.2 Å². The molecule has 0 fully saturated rings. The molecule has 0 heterocycles. The van der Waals surface area contributed by atoms with Gasteiger partial charge in [0.25, 0.3) is 11.6 Å². The van der Waals surface area contributed by atoms with Crippen LogP contribution in [0.4, 0.5) is 24.5 Å². The number of carbonyl (C=O) groups is 2. The number of alkyl halides is 3. The number of hydrogen-bond donors (Lipinski definition) is 1. The molecular weight excluding hydrogens is 409 g/mol. The molecule has 0 saturated heterocycles. The van der Waals surface area contributed by atoms with Gasteiger partial charge >= 0.3 is 12.1 Å². The van der Waals surface area contributed by atoms with Crippen LogP contribution >= 0.6 is 0 Å². The Morgan fingerprint density at radius 3 is 2.30 bits per heavy atom. The molecule has 8 nitrogen and oxygen atoms in total. The zero-order valence-corrected chi connectivity index (χ0v) is 15.9. The number of esters is 1. The van der Waals surface area contributed by atoms with Gasteiger partial charge in [-0.3, -0.25) is 14.9 Å². The van der Waals surface area contributed by atoms with Crippen molar-refractivity contribution in [2.75, 3.05) is 11.9 Å². The second-order valence-corrected chi connectivity index (χ2v) is 6.30. The molecule has 2 aromatic rings. The molecule has 1 N–H and O–H groups in total. The number of nitro benzene ring substituents is 1. The Kier molecular flexibility index (Phi) is 6.98. The summed E-state index contributed by atoms with van der Waals surface area (Å²) in [6, 6.07) is 7.60. The Bertz CT molecular complexity index is 942. The summed E-state index contributed by atoms with van der Waals surface area (Å²) < 4.78 is 48.4. The quantitative estimate of drug-likeness (QED) is 0.404. The van der Waals surface area contributed by atoms with E-state index in [0.29, 0.717) is 17.9 Å². The molecule has 2 rings (SSSR count). The molecule has 0 aromatic heterocycles. The van der Waals surface area contributed by atoms with Crippen LogP contribution in [0.1, 0.15) is 29.8 Å². The maximum absolute atomic E-state index is 12.7. The summed E-state index contributed by atoms with van der Waals surface area (Å²) in [7, 11) is 0. The molecule has 0 atom stereocenters. The first-order valence-electron chi connectivity index (χ1n) is 8.56. The number of anilines is 1. The first-order valence-corrected chi connectivity index (χ1v) is 8.56. The monoisotopic (exact) mass is 426 g/mol. The lowest BCUT2D eigenvalue weighted by Gasteiger charge is -2.11. The summed E-state index contributed by atoms with van der Waals surface area (Å²) in [5.41, 5.74) is -2.49. The van der Waals surface area contributed by atoms with Crippen LogP contribution in [-0.2, 0) is 15.7 Å². The van der Waals surface area contributed by atoms with Crippen molar-refractivity contribution in [2.24, 2.45) is 0 Å². The van der Waals surface area contributed by atoms with E-state index >= 15 is 0 Å². The van der Waals surface area contributed by atoms with Crippen LogP contribution < -0.4 is 10.1 Å². The van der Waals surface area contributed by atoms with Gasteiger partial charge in [0.1, 0.15) is 11.4 Å². The van der Waals surface area contributed by atoms with Crippen LogP contribution in [0.25, 0.3) is 0 Å². The fourth-order valence-electron chi connectivity index (χ4n) is 2.31. The van der Waals surface area contributed by atoms with Gasteiger partial charge in [0.15, 0.2) is 6.61 Å². The lowest BCUT2D eigenvalue weighted by molar-refractivity contribution is -0.384. The smallest absolute Gasteiger partial charge is 0.416 e. The molecule has 0 aliphatic heterocycles. The average Bonchev–Trinajstić information content (AvgIpc) is 2.65. The van der Waals surface area contributed by atoms with E-state index in [1.807, 2.05) is 13.8 Å². The highest BCUT2D eigenvalue weighted by molar-refractivity contribution is 5.96. The molecule has 0 saturated carbocycles. The number of ether oxygens (including phenoxy) is 2. The molecule has 0 aliphatic rings. The maximum Gasteiger partial charge on any atom is 0.416 e. The third kappa shape index (κ3) is 6.19. The van der Waals surface area contributed by atoms with Crippen molar-refractivity contribution >= 4 is 23.3 Å². The van der Waals surface area contributed by atoms with Crippen molar-refractivity contribution < 1.29 is 37.2 Å². The van der Waals surface area contributed by atoms with E-state index in [0.717, 1.165) is 6.07 Å². The number of rotatable bonds is 7. The van der Waals surface area contributed by atoms with E-state index in [1.54, 1.807) is 12.1 Å². The Balaban J connectivity index is 2.00. The highest BCUT2D eigenvalue weighted by Gasteiger charge is 2.33. The van der Waals surface area contributed by atoms with Crippen LogP contribution in [0.5, 0.6) is 5.75 Å². The molecule has 1 amide bonds. The van der Waals surface area contributed by atoms with Gasteiger partial charge in [0.2, 0.25) is 0 Å². The molecule has 0 spiro atoms. The summed E-state index contributed by atoms with van der Waals surface area (Å²) in [5, 5.41) is 13.1. The van der Waals surface area contributed by atoms with Crippen molar-refractivity contribution in [3.63, 3.8) is 0 Å². The summed E-state index contributed by atoms with van der Waals surface area (Å²) in [5.74, 6) is -1.25. The Hall–Kier alpha value is -3.63. The topological polar surface area (TPSA) is 108 Å². The van der Waals surface area contributed by atoms with Crippen LogP contribution in [-0.4, -0.2) is 29.5 Å². The highest BCUT2D eigenvalue weighted by Crippen LogP contribution is 2.34. The Morgan fingerprint density at radius 1 is 1.13 bits per heavy atom. The van der Waals surface area contributed by atoms with Gasteiger partial charge in [-0.25, -0.2) is 4.79 Å². The molecule has 0 unspecified atom stereocenters. The van der Waals surface area contributed by atoms with E-state index in [2.05, 4.69) is 5.32 Å². The van der Waals surface area contributed by atoms with Crippen molar-refractivity contribution in [1.29, 1.82) is 0 Å². The van der Waals surface area contributed by atoms with E-state index in [9.17, 15) is 32.9 Å². The summed E-state index contributed by atoms with van der Waals surface area (Å²) in [6.45, 7) is 2.88. The van der Waals surface area contributed by atoms with Gasteiger partial charge in [0, 0.05) is 6.07 Å². The van der Waals surface area contributed by atoms with Gasteiger partial charge in [-0.15, -0.1) is 0 Å². The highest BCUT2D eigenvalue weighted by atomic mass is 19.4. The SMILES string of the molecule is CC(C)Oc1ccc(C(=O)OCC(=O)Nc2ccc(C(F)(F)F)cc2[N+](=O)[O-])cc1. The number of hydrogen-bond acceptors (Lipinski definition) is 6. The second kappa shape index (κ2) is 9.25. The summed E-state index contributed by atoms with van der Waals surface area (Å²) >= 11 is 0. The van der Waals surface area contributed by atoms with E-state index < -0.39 is 46.5 Å². The second-order valence-electron chi connectivity index (χ2n) is 6.30. The lowest BCUT2D eigenvalue weighted by Crippen LogP contribution is -2.21. The number of nitrogens with zero attached hydrogens (tertiary/aromatic N) is 1. The fourth-order valence-corrected chi connectivity index (χ4v) is 2.31. The predicted octanol–water partition coefficient (Wildman–Crippen LogP) is 4.20. The zero-order chi connectivity index (χ0) is 22.5. The number of nitro groups is 1. The van der Waals surface area contributed by atoms with Crippen LogP contribution in [0.2, 0.25) is 0 Å². The summed E-state index contributed by atoms with van der Waals surface area (Å²) in [6.07, 6.45) is -4.83. The molecule has 0 bridgehead atoms. The number of nitrogens with one attached hydrogen (secondary N) is 1. The molecule has 2 aromatic carbocycles. The van der Waals surface area contributed by atoms with Crippen LogP contribution in [0.3, 0.4) is 0 Å². The Morgan fingerprint density at radius 2 is 1.77 bits per heavy atom. The van der Waals surface area contributed by atoms with Crippen molar-refractivity contribution in [1.82, 2.24) is 0 Å². The third-order valence-corrected chi connectivity index (χ3v) is 3.59. The minimum absolute atomic E-state index is 0.0549. The predicted molar refractivity (Wildman–Crippen MR) is 99.2 cm³/mol. The minimum Gasteiger partial charge on any atom is -0.491 e. The van der Waals surface area contributed by atoms with Gasteiger partial charge in [-0.05, 0) is 50.2 Å². The first-order chi connectivity index (χ1) is 14.0. The minimum atomic E-state index is -4.78. The van der Waals surface area contributed by atoms with Crippen LogP contribution in [0.15, 0.2) is 42.5 Å². The normalized spacial score (nSPS) is 11.1. The number of halogens is 3. The van der Waals surface area contributed by atoms with E-state index in [-0.39, 0.29) is 11.7 Å². The van der Waals surface area contributed by atoms with Gasteiger partial charge in [0.05, 0.1) is 22.2 Å². The van der Waals surface area contributed by atoms with Gasteiger partial charge < -0.3 is 14.8 Å². The van der Waals surface area contributed by atoms with E-state index in [4.69, 9.17) is 9.47 Å². The molecule has 0 aliphatic carbocycles. The number of carbonyl (C=O) groups excluding carboxylic acids is 2. The van der Waals surface area contributed by atoms with Gasteiger partial charge in [-0.1, -0.05) is 0 Å². The first kappa shape index (κ1) is 22.7. The third-order valence-electron chi connectivity index (χ3n) is 3.59. The van der Waals surface area contributed by atoms with E-state index in [1.165, 1.54) is 12.1 Å². The number of benzene rings is 2. The standard InChI is InChI=1S/C19H17F3N2O6/c1-11(2)30-14-6-3-12(4-7-14)18(26)29-10-17(25)23-15-8-5-13(19(20,21)22)9-16(15)24(27)28/h3-9,11H,10H2,1-2H3,(H,23,25). The zero-order valence-electron chi connectivity index (χ0n) is 15.9. The van der Waals surface area contributed by atoms with Crippen molar-refractivity contribution in [3.05, 3.63) is 63.7 Å². The molecule has 11 heteroatoms. The molecule has 0 radical (unpaired) electrons. The molecule has 160 valence electrons. The molecule has 30 heavy (non-hydrogen) atoms.